The van der Waals surface area contributed by atoms with E-state index in [0.717, 1.165) is 31.8 Å². The predicted molar refractivity (Wildman–Crippen MR) is 196 cm³/mol. The first kappa shape index (κ1) is 41.1. The monoisotopic (exact) mass is 618 g/mol. The van der Waals surface area contributed by atoms with E-state index in [9.17, 15) is 4.79 Å². The lowest BCUT2D eigenvalue weighted by Crippen LogP contribution is -2.43. The average molecular weight is 618 g/mol. The number of rotatable bonds is 33. The van der Waals surface area contributed by atoms with Gasteiger partial charge in [-0.2, -0.15) is 0 Å². The smallest absolute Gasteiger partial charge is 0.227 e. The Kier molecular flexibility index (Phi) is 28.7. The van der Waals surface area contributed by atoms with E-state index in [4.69, 9.17) is 10.7 Å². The van der Waals surface area contributed by atoms with Crippen molar-refractivity contribution >= 4 is 11.7 Å². The van der Waals surface area contributed by atoms with E-state index in [1.54, 1.807) is 0 Å². The molecule has 0 aromatic rings. The summed E-state index contributed by atoms with van der Waals surface area (Å²) >= 11 is 0. The van der Waals surface area contributed by atoms with Crippen LogP contribution in [-0.4, -0.2) is 35.8 Å². The number of nitrogens with zero attached hydrogens (tertiary/aromatic N) is 2. The molecular weight excluding hydrogens is 538 g/mol. The van der Waals surface area contributed by atoms with E-state index in [-0.39, 0.29) is 17.9 Å². The molecule has 0 spiro atoms. The Morgan fingerprint density at radius 3 is 1.30 bits per heavy atom. The second-order valence-electron chi connectivity index (χ2n) is 14.3. The Morgan fingerprint density at radius 1 is 0.591 bits per heavy atom. The maximum atomic E-state index is 13.1. The van der Waals surface area contributed by atoms with Gasteiger partial charge >= 0.3 is 0 Å². The number of amides is 1. The molecule has 0 aromatic carbocycles. The van der Waals surface area contributed by atoms with Crippen LogP contribution in [0, 0.1) is 5.92 Å². The molecule has 1 aliphatic heterocycles. The third kappa shape index (κ3) is 22.6. The van der Waals surface area contributed by atoms with Crippen molar-refractivity contribution in [1.82, 2.24) is 4.90 Å². The highest BCUT2D eigenvalue weighted by atomic mass is 16.2. The Hall–Kier alpha value is -0.900. The van der Waals surface area contributed by atoms with Crippen molar-refractivity contribution in [3.8, 4) is 0 Å². The normalized spacial score (nSPS) is 14.7. The number of hydrogen-bond acceptors (Lipinski definition) is 3. The number of hydrogen-bond donors (Lipinski definition) is 1. The van der Waals surface area contributed by atoms with Crippen LogP contribution >= 0.6 is 0 Å². The Balaban J connectivity index is 2.06. The molecule has 1 aliphatic rings. The van der Waals surface area contributed by atoms with Gasteiger partial charge in [0.05, 0.1) is 6.54 Å². The lowest BCUT2D eigenvalue weighted by Gasteiger charge is -2.28. The summed E-state index contributed by atoms with van der Waals surface area (Å²) in [5, 5.41) is 0. The first-order valence-corrected chi connectivity index (χ1v) is 20.2. The Bertz CT molecular complexity index is 661. The molecule has 1 heterocycles. The van der Waals surface area contributed by atoms with Crippen LogP contribution in [0.1, 0.15) is 220 Å². The molecular formula is C40H79N3O. The van der Waals surface area contributed by atoms with Gasteiger partial charge in [-0.1, -0.05) is 194 Å². The third-order valence-electron chi connectivity index (χ3n) is 10.0. The van der Waals surface area contributed by atoms with E-state index in [2.05, 4.69) is 20.8 Å². The fourth-order valence-electron chi connectivity index (χ4n) is 7.00. The van der Waals surface area contributed by atoms with Crippen LogP contribution < -0.4 is 5.73 Å². The van der Waals surface area contributed by atoms with E-state index in [1.165, 1.54) is 180 Å². The summed E-state index contributed by atoms with van der Waals surface area (Å²) in [6, 6.07) is 0.0508. The molecule has 4 heteroatoms. The van der Waals surface area contributed by atoms with E-state index in [1.807, 2.05) is 4.90 Å². The van der Waals surface area contributed by atoms with Crippen LogP contribution in [0.25, 0.3) is 0 Å². The summed E-state index contributed by atoms with van der Waals surface area (Å²) < 4.78 is 0. The van der Waals surface area contributed by atoms with Gasteiger partial charge in [0.1, 0.15) is 5.84 Å². The standard InChI is InChI=1S/C40H79N3O/c1-4-6-8-10-12-14-16-18-20-22-24-26-28-30-32-34-39(44)43-36-35-42-40(43)38(37(3)41)33-31-29-27-25-23-21-19-17-15-13-11-9-7-5-2/h37-38H,4-36,41H2,1-3H3. The predicted octanol–water partition coefficient (Wildman–Crippen LogP) is 12.3. The van der Waals surface area contributed by atoms with Crippen molar-refractivity contribution in [2.24, 2.45) is 16.6 Å². The van der Waals surface area contributed by atoms with Gasteiger partial charge in [0.2, 0.25) is 5.91 Å². The second-order valence-corrected chi connectivity index (χ2v) is 14.3. The fraction of sp³-hybridized carbons (Fsp3) is 0.950. The molecule has 260 valence electrons. The quantitative estimate of drug-likeness (QED) is 0.0745. The van der Waals surface area contributed by atoms with Gasteiger partial charge in [-0.25, -0.2) is 0 Å². The molecule has 0 fully saturated rings. The molecule has 44 heavy (non-hydrogen) atoms. The molecule has 1 rings (SSSR count). The summed E-state index contributed by atoms with van der Waals surface area (Å²) in [5.41, 5.74) is 6.45. The minimum Gasteiger partial charge on any atom is -0.327 e. The van der Waals surface area contributed by atoms with Crippen molar-refractivity contribution in [2.75, 3.05) is 13.1 Å². The second kappa shape index (κ2) is 30.7. The molecule has 4 nitrogen and oxygen atoms in total. The molecule has 0 aliphatic carbocycles. The van der Waals surface area contributed by atoms with Gasteiger partial charge in [-0.3, -0.25) is 14.7 Å². The van der Waals surface area contributed by atoms with Crippen molar-refractivity contribution < 1.29 is 4.79 Å². The first-order valence-electron chi connectivity index (χ1n) is 20.2. The SMILES string of the molecule is CCCCCCCCCCCCCCCCCC(=O)N1CCN=C1C(CCCCCCCCCCCCCCCC)C(C)N. The van der Waals surface area contributed by atoms with E-state index >= 15 is 0 Å². The number of aliphatic imine (C=N–C) groups is 1. The lowest BCUT2D eigenvalue weighted by atomic mass is 9.92. The zero-order chi connectivity index (χ0) is 31.9. The zero-order valence-electron chi connectivity index (χ0n) is 30.4. The number of carbonyl (C=O) groups is 1. The number of carbonyl (C=O) groups excluding carboxylic acids is 1. The van der Waals surface area contributed by atoms with Gasteiger partial charge in [0, 0.05) is 24.9 Å². The summed E-state index contributed by atoms with van der Waals surface area (Å²) in [6.45, 7) is 8.20. The van der Waals surface area contributed by atoms with Crippen LogP contribution in [0.3, 0.4) is 0 Å². The highest BCUT2D eigenvalue weighted by Crippen LogP contribution is 2.23. The highest BCUT2D eigenvalue weighted by Gasteiger charge is 2.31. The van der Waals surface area contributed by atoms with Gasteiger partial charge < -0.3 is 5.73 Å². The van der Waals surface area contributed by atoms with Gasteiger partial charge in [-0.05, 0) is 19.8 Å². The fourth-order valence-corrected chi connectivity index (χ4v) is 7.00. The van der Waals surface area contributed by atoms with Gasteiger partial charge in [0.15, 0.2) is 0 Å². The van der Waals surface area contributed by atoms with Crippen LogP contribution in [0.4, 0.5) is 0 Å². The topological polar surface area (TPSA) is 58.7 Å². The molecule has 0 saturated carbocycles. The largest absolute Gasteiger partial charge is 0.327 e. The molecule has 1 amide bonds. The molecule has 0 saturated heterocycles. The Morgan fingerprint density at radius 2 is 0.932 bits per heavy atom. The lowest BCUT2D eigenvalue weighted by molar-refractivity contribution is -0.127. The van der Waals surface area contributed by atoms with Gasteiger partial charge in [0.25, 0.3) is 0 Å². The number of nitrogens with two attached hydrogens (primary N) is 1. The third-order valence-corrected chi connectivity index (χ3v) is 10.0. The maximum absolute atomic E-state index is 13.1. The van der Waals surface area contributed by atoms with Crippen LogP contribution in [0.5, 0.6) is 0 Å². The molecule has 2 N–H and O–H groups in total. The van der Waals surface area contributed by atoms with Crippen molar-refractivity contribution in [3.63, 3.8) is 0 Å². The Labute approximate surface area is 276 Å². The zero-order valence-corrected chi connectivity index (χ0v) is 30.4. The van der Waals surface area contributed by atoms with E-state index < -0.39 is 0 Å². The van der Waals surface area contributed by atoms with Crippen molar-refractivity contribution in [3.05, 3.63) is 0 Å². The maximum Gasteiger partial charge on any atom is 0.227 e. The van der Waals surface area contributed by atoms with Crippen LogP contribution in [0.2, 0.25) is 0 Å². The minimum absolute atomic E-state index is 0.0508. The molecule has 0 radical (unpaired) electrons. The first-order chi connectivity index (χ1) is 21.6. The summed E-state index contributed by atoms with van der Waals surface area (Å²) in [5.74, 6) is 1.50. The van der Waals surface area contributed by atoms with Crippen molar-refractivity contribution in [1.29, 1.82) is 0 Å². The number of amidine groups is 1. The number of unbranched alkanes of at least 4 members (excludes halogenated alkanes) is 27. The summed E-state index contributed by atoms with van der Waals surface area (Å²) in [4.78, 5) is 19.9. The summed E-state index contributed by atoms with van der Waals surface area (Å²) in [6.07, 6.45) is 41.4. The van der Waals surface area contributed by atoms with Gasteiger partial charge in [-0.15, -0.1) is 0 Å². The molecule has 0 bridgehead atoms. The summed E-state index contributed by atoms with van der Waals surface area (Å²) in [7, 11) is 0. The molecule has 0 aromatic heterocycles. The highest BCUT2D eigenvalue weighted by molar-refractivity contribution is 6.00. The average Bonchev–Trinajstić information content (AvgIpc) is 3.50. The minimum atomic E-state index is 0.0508. The molecule has 2 unspecified atom stereocenters. The molecule has 2 atom stereocenters. The van der Waals surface area contributed by atoms with E-state index in [0.29, 0.717) is 6.42 Å². The van der Waals surface area contributed by atoms with Crippen LogP contribution in [0.15, 0.2) is 4.99 Å². The van der Waals surface area contributed by atoms with Crippen molar-refractivity contribution in [2.45, 2.75) is 226 Å². The van der Waals surface area contributed by atoms with Crippen LogP contribution in [-0.2, 0) is 4.79 Å².